The van der Waals surface area contributed by atoms with Crippen LogP contribution in [0.3, 0.4) is 0 Å². The Balaban J connectivity index is 1.80. The number of hydrogen-bond donors (Lipinski definition) is 0. The van der Waals surface area contributed by atoms with Gasteiger partial charge in [0.1, 0.15) is 11.9 Å². The number of nitrogens with zero attached hydrogens (tertiary/aromatic N) is 2. The lowest BCUT2D eigenvalue weighted by molar-refractivity contribution is -0.124. The Morgan fingerprint density at radius 1 is 1.08 bits per heavy atom. The van der Waals surface area contributed by atoms with Crippen molar-refractivity contribution in [3.63, 3.8) is 0 Å². The van der Waals surface area contributed by atoms with Crippen molar-refractivity contribution < 1.29 is 14.0 Å². The molecule has 1 aliphatic heterocycles. The minimum absolute atomic E-state index is 0.216. The van der Waals surface area contributed by atoms with E-state index in [2.05, 4.69) is 0 Å². The maximum Gasteiger partial charge on any atom is 0.254 e. The van der Waals surface area contributed by atoms with E-state index in [4.69, 9.17) is 23.2 Å². The van der Waals surface area contributed by atoms with Gasteiger partial charge < -0.3 is 9.80 Å². The quantitative estimate of drug-likeness (QED) is 0.789. The molecule has 2 aromatic rings. The summed E-state index contributed by atoms with van der Waals surface area (Å²) < 4.78 is 13.1. The molecule has 7 heteroatoms. The third kappa shape index (κ3) is 3.48. The highest BCUT2D eigenvalue weighted by molar-refractivity contribution is 6.42. The van der Waals surface area contributed by atoms with Gasteiger partial charge in [-0.05, 0) is 49.4 Å². The fraction of sp³-hybridized carbons (Fsp3) is 0.222. The Hall–Kier alpha value is -2.11. The van der Waals surface area contributed by atoms with Crippen molar-refractivity contribution in [2.24, 2.45) is 0 Å². The summed E-state index contributed by atoms with van der Waals surface area (Å²) in [4.78, 5) is 28.4. The molecule has 1 heterocycles. The van der Waals surface area contributed by atoms with Crippen LogP contribution in [0, 0.1) is 5.82 Å². The van der Waals surface area contributed by atoms with Crippen LogP contribution >= 0.6 is 23.2 Å². The molecule has 1 saturated heterocycles. The summed E-state index contributed by atoms with van der Waals surface area (Å²) in [6.45, 7) is 2.37. The van der Waals surface area contributed by atoms with E-state index in [1.165, 1.54) is 23.1 Å². The van der Waals surface area contributed by atoms with E-state index < -0.39 is 6.04 Å². The Kier molecular flexibility index (Phi) is 4.97. The highest BCUT2D eigenvalue weighted by Gasteiger charge is 2.35. The van der Waals surface area contributed by atoms with Crippen molar-refractivity contribution in [1.82, 2.24) is 4.90 Å². The summed E-state index contributed by atoms with van der Waals surface area (Å²) in [5, 5.41) is 0.653. The van der Waals surface area contributed by atoms with Gasteiger partial charge in [-0.2, -0.15) is 0 Å². The number of carbonyl (C=O) groups excluding carboxylic acids is 2. The lowest BCUT2D eigenvalue weighted by atomic mass is 10.1. The zero-order valence-electron chi connectivity index (χ0n) is 13.4. The van der Waals surface area contributed by atoms with Crippen LogP contribution in [-0.2, 0) is 4.79 Å². The van der Waals surface area contributed by atoms with Gasteiger partial charge in [-0.25, -0.2) is 4.39 Å². The summed E-state index contributed by atoms with van der Waals surface area (Å²) in [6, 6.07) is 9.71. The molecule has 4 nitrogen and oxygen atoms in total. The van der Waals surface area contributed by atoms with E-state index >= 15 is 0 Å². The van der Waals surface area contributed by atoms with Crippen LogP contribution in [0.25, 0.3) is 0 Å². The van der Waals surface area contributed by atoms with Gasteiger partial charge in [-0.1, -0.05) is 23.2 Å². The molecule has 1 fully saturated rings. The average molecular weight is 381 g/mol. The minimum atomic E-state index is -0.638. The molecule has 130 valence electrons. The average Bonchev–Trinajstić information content (AvgIpc) is 2.60. The van der Waals surface area contributed by atoms with Crippen LogP contribution in [0.1, 0.15) is 17.3 Å². The third-order valence-electron chi connectivity index (χ3n) is 4.22. The normalized spacial score (nSPS) is 17.8. The van der Waals surface area contributed by atoms with Gasteiger partial charge in [0.05, 0.1) is 10.0 Å². The first-order chi connectivity index (χ1) is 11.9. The van der Waals surface area contributed by atoms with Crippen LogP contribution < -0.4 is 4.90 Å². The molecule has 0 bridgehead atoms. The van der Waals surface area contributed by atoms with E-state index in [1.807, 2.05) is 0 Å². The molecule has 0 saturated carbocycles. The molecule has 2 amide bonds. The van der Waals surface area contributed by atoms with Gasteiger partial charge in [0.25, 0.3) is 5.91 Å². The van der Waals surface area contributed by atoms with Gasteiger partial charge in [-0.15, -0.1) is 0 Å². The summed E-state index contributed by atoms with van der Waals surface area (Å²) in [5.41, 5.74) is 0.990. The number of benzene rings is 2. The smallest absolute Gasteiger partial charge is 0.254 e. The molecule has 0 spiro atoms. The van der Waals surface area contributed by atoms with Crippen molar-refractivity contribution in [2.45, 2.75) is 13.0 Å². The minimum Gasteiger partial charge on any atom is -0.325 e. The fourth-order valence-corrected chi connectivity index (χ4v) is 3.12. The number of carbonyl (C=O) groups is 2. The Morgan fingerprint density at radius 3 is 2.40 bits per heavy atom. The number of amides is 2. The number of anilines is 1. The summed E-state index contributed by atoms with van der Waals surface area (Å²) in [6.07, 6.45) is 0. The van der Waals surface area contributed by atoms with Gasteiger partial charge in [-0.3, -0.25) is 9.59 Å². The molecule has 3 rings (SSSR count). The Labute approximate surface area is 154 Å². The second-order valence-electron chi connectivity index (χ2n) is 5.77. The second kappa shape index (κ2) is 7.02. The van der Waals surface area contributed by atoms with Crippen molar-refractivity contribution >= 4 is 40.7 Å². The highest BCUT2D eigenvalue weighted by atomic mass is 35.5. The topological polar surface area (TPSA) is 40.6 Å². The summed E-state index contributed by atoms with van der Waals surface area (Å²) >= 11 is 11.8. The molecule has 0 aromatic heterocycles. The first kappa shape index (κ1) is 17.7. The van der Waals surface area contributed by atoms with Crippen LogP contribution in [0.5, 0.6) is 0 Å². The lowest BCUT2D eigenvalue weighted by Gasteiger charge is -2.39. The van der Waals surface area contributed by atoms with Crippen molar-refractivity contribution in [2.75, 3.05) is 18.0 Å². The molecular formula is C18H15Cl2FN2O2. The van der Waals surface area contributed by atoms with Gasteiger partial charge >= 0.3 is 0 Å². The number of hydrogen-bond acceptors (Lipinski definition) is 2. The van der Waals surface area contributed by atoms with Crippen molar-refractivity contribution in [3.05, 3.63) is 63.9 Å². The summed E-state index contributed by atoms with van der Waals surface area (Å²) in [7, 11) is 0. The molecule has 1 atom stereocenters. The molecule has 0 radical (unpaired) electrons. The lowest BCUT2D eigenvalue weighted by Crippen LogP contribution is -2.57. The Morgan fingerprint density at radius 2 is 1.76 bits per heavy atom. The Bertz CT molecular complexity index is 826. The predicted octanol–water partition coefficient (Wildman–Crippen LogP) is 4.01. The van der Waals surface area contributed by atoms with Crippen LogP contribution in [0.4, 0.5) is 10.1 Å². The van der Waals surface area contributed by atoms with Gasteiger partial charge in [0.2, 0.25) is 5.91 Å². The fourth-order valence-electron chi connectivity index (χ4n) is 2.82. The third-order valence-corrected chi connectivity index (χ3v) is 4.96. The van der Waals surface area contributed by atoms with Crippen LogP contribution in [0.15, 0.2) is 42.5 Å². The zero-order valence-corrected chi connectivity index (χ0v) is 14.9. The molecule has 25 heavy (non-hydrogen) atoms. The molecule has 0 N–H and O–H groups in total. The van der Waals surface area contributed by atoms with E-state index in [9.17, 15) is 14.0 Å². The zero-order chi connectivity index (χ0) is 18.1. The molecule has 1 aliphatic rings. The van der Waals surface area contributed by atoms with Gasteiger partial charge in [0.15, 0.2) is 0 Å². The number of rotatable bonds is 2. The maximum atomic E-state index is 13.1. The van der Waals surface area contributed by atoms with Crippen LogP contribution in [0.2, 0.25) is 10.0 Å². The van der Waals surface area contributed by atoms with Crippen molar-refractivity contribution in [1.29, 1.82) is 0 Å². The molecular weight excluding hydrogens is 366 g/mol. The van der Waals surface area contributed by atoms with Gasteiger partial charge in [0, 0.05) is 24.3 Å². The largest absolute Gasteiger partial charge is 0.325 e. The number of piperazine rings is 1. The van der Waals surface area contributed by atoms with E-state index in [1.54, 1.807) is 36.1 Å². The first-order valence-electron chi connectivity index (χ1n) is 7.71. The maximum absolute atomic E-state index is 13.1. The standard InChI is InChI=1S/C18H15Cl2FN2O2/c1-11-17(24)23(14-5-3-13(21)4-6-14)9-8-22(11)18(25)12-2-7-15(19)16(20)10-12/h2-7,10-11H,8-9H2,1H3/t11-/m0/s1. The summed E-state index contributed by atoms with van der Waals surface area (Å²) in [5.74, 6) is -0.859. The predicted molar refractivity (Wildman–Crippen MR) is 95.7 cm³/mol. The number of halogens is 3. The SMILES string of the molecule is C[C@H]1C(=O)N(c2ccc(F)cc2)CCN1C(=O)c1ccc(Cl)c(Cl)c1. The molecule has 0 unspecified atom stereocenters. The first-order valence-corrected chi connectivity index (χ1v) is 8.47. The molecule has 2 aromatic carbocycles. The van der Waals surface area contributed by atoms with E-state index in [0.717, 1.165) is 0 Å². The van der Waals surface area contributed by atoms with E-state index in [0.29, 0.717) is 29.4 Å². The van der Waals surface area contributed by atoms with Crippen LogP contribution in [-0.4, -0.2) is 35.8 Å². The second-order valence-corrected chi connectivity index (χ2v) is 6.58. The monoisotopic (exact) mass is 380 g/mol. The van der Waals surface area contributed by atoms with E-state index in [-0.39, 0.29) is 22.7 Å². The molecule has 0 aliphatic carbocycles. The highest BCUT2D eigenvalue weighted by Crippen LogP contribution is 2.25. The van der Waals surface area contributed by atoms with Crippen molar-refractivity contribution in [3.8, 4) is 0 Å².